The molecule has 2 aromatic rings. The molecule has 0 saturated heterocycles. The number of phenolic OH excluding ortho intramolecular Hbond substituents is 1. The molecule has 3 N–H and O–H groups in total. The lowest BCUT2D eigenvalue weighted by Gasteiger charge is -2.09. The number of aromatic nitrogens is 2. The third-order valence-electron chi connectivity index (χ3n) is 3.35. The minimum Gasteiger partial charge on any atom is -0.504 e. The Labute approximate surface area is 119 Å². The number of phenols is 1. The molecule has 0 radical (unpaired) electrons. The van der Waals surface area contributed by atoms with Crippen molar-refractivity contribution in [3.8, 4) is 11.5 Å². The number of nitrogens with one attached hydrogen (secondary N) is 2. The van der Waals surface area contributed by atoms with Crippen LogP contribution in [0.4, 0.5) is 0 Å². The summed E-state index contributed by atoms with van der Waals surface area (Å²) < 4.78 is 5.09. The standard InChI is InChI=1S/C15H21N3O2/c1-11-12(10-17-18-11)6-4-8-16-9-13-5-3-7-14(20-2)15(13)19/h3,5,7,10,16,19H,4,6,8-9H2,1-2H3,(H,17,18). The van der Waals surface area contributed by atoms with Gasteiger partial charge in [0, 0.05) is 17.8 Å². The lowest BCUT2D eigenvalue weighted by Crippen LogP contribution is -2.15. The number of H-pyrrole nitrogens is 1. The van der Waals surface area contributed by atoms with Crippen LogP contribution < -0.4 is 10.1 Å². The Morgan fingerprint density at radius 2 is 2.20 bits per heavy atom. The number of rotatable bonds is 7. The Kier molecular flexibility index (Phi) is 5.01. The lowest BCUT2D eigenvalue weighted by atomic mass is 10.1. The Morgan fingerprint density at radius 1 is 1.35 bits per heavy atom. The van der Waals surface area contributed by atoms with Crippen molar-refractivity contribution in [3.05, 3.63) is 41.2 Å². The molecule has 1 heterocycles. The number of hydrogen-bond donors (Lipinski definition) is 3. The molecule has 0 unspecified atom stereocenters. The van der Waals surface area contributed by atoms with Crippen LogP contribution in [0.2, 0.25) is 0 Å². The maximum Gasteiger partial charge on any atom is 0.162 e. The number of ether oxygens (including phenoxy) is 1. The van der Waals surface area contributed by atoms with E-state index in [2.05, 4.69) is 15.5 Å². The summed E-state index contributed by atoms with van der Waals surface area (Å²) in [5.41, 5.74) is 3.25. The number of aromatic hydroxyl groups is 1. The van der Waals surface area contributed by atoms with Crippen molar-refractivity contribution < 1.29 is 9.84 Å². The van der Waals surface area contributed by atoms with Gasteiger partial charge in [0.15, 0.2) is 11.5 Å². The van der Waals surface area contributed by atoms with Crippen LogP contribution in [0.3, 0.4) is 0 Å². The number of benzene rings is 1. The minimum absolute atomic E-state index is 0.216. The Bertz CT molecular complexity index is 552. The highest BCUT2D eigenvalue weighted by atomic mass is 16.5. The highest BCUT2D eigenvalue weighted by molar-refractivity contribution is 5.45. The van der Waals surface area contributed by atoms with E-state index in [1.54, 1.807) is 13.2 Å². The first-order chi connectivity index (χ1) is 9.72. The van der Waals surface area contributed by atoms with E-state index >= 15 is 0 Å². The molecule has 0 atom stereocenters. The van der Waals surface area contributed by atoms with Crippen LogP contribution in [0.1, 0.15) is 23.2 Å². The Morgan fingerprint density at radius 3 is 2.90 bits per heavy atom. The normalized spacial score (nSPS) is 10.7. The summed E-state index contributed by atoms with van der Waals surface area (Å²) in [4.78, 5) is 0. The average Bonchev–Trinajstić information content (AvgIpc) is 2.86. The van der Waals surface area contributed by atoms with Gasteiger partial charge in [0.1, 0.15) is 0 Å². The number of para-hydroxylation sites is 1. The van der Waals surface area contributed by atoms with Crippen LogP contribution >= 0.6 is 0 Å². The molecule has 2 rings (SSSR count). The monoisotopic (exact) mass is 275 g/mol. The van der Waals surface area contributed by atoms with E-state index < -0.39 is 0 Å². The van der Waals surface area contributed by atoms with Gasteiger partial charge in [0.25, 0.3) is 0 Å². The number of hydrogen-bond acceptors (Lipinski definition) is 4. The van der Waals surface area contributed by atoms with Gasteiger partial charge in [-0.15, -0.1) is 0 Å². The SMILES string of the molecule is COc1cccc(CNCCCc2cn[nH]c2C)c1O. The summed E-state index contributed by atoms with van der Waals surface area (Å²) in [6.45, 7) is 3.55. The summed E-state index contributed by atoms with van der Waals surface area (Å²) >= 11 is 0. The van der Waals surface area contributed by atoms with Crippen molar-refractivity contribution >= 4 is 0 Å². The molecular formula is C15H21N3O2. The first-order valence-corrected chi connectivity index (χ1v) is 6.76. The summed E-state index contributed by atoms with van der Waals surface area (Å²) in [7, 11) is 1.56. The Balaban J connectivity index is 1.75. The third kappa shape index (κ3) is 3.51. The van der Waals surface area contributed by atoms with Crippen LogP contribution in [-0.4, -0.2) is 29.0 Å². The molecule has 1 aromatic carbocycles. The van der Waals surface area contributed by atoms with E-state index in [1.165, 1.54) is 5.56 Å². The maximum atomic E-state index is 9.95. The molecule has 20 heavy (non-hydrogen) atoms. The zero-order valence-corrected chi connectivity index (χ0v) is 11.9. The fourth-order valence-corrected chi connectivity index (χ4v) is 2.13. The number of aryl methyl sites for hydroxylation is 2. The smallest absolute Gasteiger partial charge is 0.162 e. The lowest BCUT2D eigenvalue weighted by molar-refractivity contribution is 0.369. The second kappa shape index (κ2) is 6.96. The average molecular weight is 275 g/mol. The summed E-state index contributed by atoms with van der Waals surface area (Å²) in [5.74, 6) is 0.728. The molecule has 0 aliphatic carbocycles. The topological polar surface area (TPSA) is 70.2 Å². The van der Waals surface area contributed by atoms with Gasteiger partial charge in [-0.1, -0.05) is 12.1 Å². The predicted octanol–water partition coefficient (Wildman–Crippen LogP) is 2.15. The van der Waals surface area contributed by atoms with E-state index in [0.717, 1.165) is 30.6 Å². The fraction of sp³-hybridized carbons (Fsp3) is 0.400. The van der Waals surface area contributed by atoms with Crippen LogP contribution in [0, 0.1) is 6.92 Å². The van der Waals surface area contributed by atoms with Crippen molar-refractivity contribution in [1.82, 2.24) is 15.5 Å². The molecule has 0 fully saturated rings. The quantitative estimate of drug-likeness (QED) is 0.677. The molecular weight excluding hydrogens is 254 g/mol. The largest absolute Gasteiger partial charge is 0.504 e. The summed E-state index contributed by atoms with van der Waals surface area (Å²) in [6.07, 6.45) is 3.91. The van der Waals surface area contributed by atoms with Gasteiger partial charge in [0.05, 0.1) is 13.3 Å². The van der Waals surface area contributed by atoms with Crippen LogP contribution in [-0.2, 0) is 13.0 Å². The molecule has 0 bridgehead atoms. The van der Waals surface area contributed by atoms with Gasteiger partial charge < -0.3 is 15.2 Å². The van der Waals surface area contributed by atoms with Crippen molar-refractivity contribution in [2.45, 2.75) is 26.3 Å². The van der Waals surface area contributed by atoms with Gasteiger partial charge in [-0.05, 0) is 37.9 Å². The second-order valence-corrected chi connectivity index (χ2v) is 4.77. The first kappa shape index (κ1) is 14.4. The minimum atomic E-state index is 0.216. The first-order valence-electron chi connectivity index (χ1n) is 6.76. The predicted molar refractivity (Wildman–Crippen MR) is 78.0 cm³/mol. The van der Waals surface area contributed by atoms with Crippen molar-refractivity contribution in [1.29, 1.82) is 0 Å². The molecule has 0 aliphatic rings. The molecule has 0 spiro atoms. The van der Waals surface area contributed by atoms with E-state index in [0.29, 0.717) is 12.3 Å². The van der Waals surface area contributed by atoms with Crippen LogP contribution in [0.15, 0.2) is 24.4 Å². The Hall–Kier alpha value is -2.01. The van der Waals surface area contributed by atoms with Crippen LogP contribution in [0.25, 0.3) is 0 Å². The number of aromatic amines is 1. The molecule has 0 amide bonds. The molecule has 5 heteroatoms. The molecule has 0 aliphatic heterocycles. The van der Waals surface area contributed by atoms with E-state index in [1.807, 2.05) is 25.3 Å². The summed E-state index contributed by atoms with van der Waals surface area (Å²) in [6, 6.07) is 5.52. The van der Waals surface area contributed by atoms with Gasteiger partial charge in [0.2, 0.25) is 0 Å². The van der Waals surface area contributed by atoms with Crippen molar-refractivity contribution in [2.75, 3.05) is 13.7 Å². The van der Waals surface area contributed by atoms with Crippen molar-refractivity contribution in [2.24, 2.45) is 0 Å². The van der Waals surface area contributed by atoms with Gasteiger partial charge in [-0.25, -0.2) is 0 Å². The summed E-state index contributed by atoms with van der Waals surface area (Å²) in [5, 5.41) is 20.2. The second-order valence-electron chi connectivity index (χ2n) is 4.77. The molecule has 0 saturated carbocycles. The van der Waals surface area contributed by atoms with Gasteiger partial charge in [-0.2, -0.15) is 5.10 Å². The fourth-order valence-electron chi connectivity index (χ4n) is 2.13. The van der Waals surface area contributed by atoms with E-state index in [9.17, 15) is 5.11 Å². The molecule has 108 valence electrons. The molecule has 1 aromatic heterocycles. The number of methoxy groups -OCH3 is 1. The van der Waals surface area contributed by atoms with Gasteiger partial charge in [-0.3, -0.25) is 5.10 Å². The zero-order valence-electron chi connectivity index (χ0n) is 11.9. The van der Waals surface area contributed by atoms with Crippen LogP contribution in [0.5, 0.6) is 11.5 Å². The van der Waals surface area contributed by atoms with E-state index in [4.69, 9.17) is 4.74 Å². The highest BCUT2D eigenvalue weighted by Gasteiger charge is 2.06. The van der Waals surface area contributed by atoms with Crippen molar-refractivity contribution in [3.63, 3.8) is 0 Å². The molecule has 5 nitrogen and oxygen atoms in total. The zero-order chi connectivity index (χ0) is 14.4. The van der Waals surface area contributed by atoms with Gasteiger partial charge >= 0.3 is 0 Å². The van der Waals surface area contributed by atoms with E-state index in [-0.39, 0.29) is 5.75 Å². The highest BCUT2D eigenvalue weighted by Crippen LogP contribution is 2.28. The maximum absolute atomic E-state index is 9.95. The third-order valence-corrected chi connectivity index (χ3v) is 3.35. The number of nitrogens with zero attached hydrogens (tertiary/aromatic N) is 1.